The molecule has 0 saturated heterocycles. The van der Waals surface area contributed by atoms with Crippen LogP contribution in [-0.4, -0.2) is 33.6 Å². The molecule has 0 bridgehead atoms. The van der Waals surface area contributed by atoms with Gasteiger partial charge in [-0.1, -0.05) is 13.8 Å². The number of aromatic nitrogens is 4. The predicted molar refractivity (Wildman–Crippen MR) is 120 cm³/mol. The Hall–Kier alpha value is -3.20. The van der Waals surface area contributed by atoms with Crippen LogP contribution in [0.15, 0.2) is 41.3 Å². The second-order valence-corrected chi connectivity index (χ2v) is 10.6. The number of sulfone groups is 1. The molecule has 4 aromatic rings. The molecule has 0 aliphatic carbocycles. The van der Waals surface area contributed by atoms with Gasteiger partial charge in [0.15, 0.2) is 15.8 Å². The van der Waals surface area contributed by atoms with Crippen LogP contribution < -0.4 is 5.73 Å². The maximum atomic E-state index is 13.5. The second-order valence-electron chi connectivity index (χ2n) is 8.09. The van der Waals surface area contributed by atoms with Crippen LogP contribution in [-0.2, 0) is 9.84 Å². The molecule has 0 spiro atoms. The van der Waals surface area contributed by atoms with Crippen molar-refractivity contribution in [1.82, 2.24) is 19.9 Å². The van der Waals surface area contributed by atoms with Crippen LogP contribution in [0.2, 0.25) is 0 Å². The largest absolute Gasteiger partial charge is 0.369 e. The molecule has 4 N–H and O–H groups in total. The quantitative estimate of drug-likeness (QED) is 0.417. The molecular formula is C22H24FN5O2S. The average Bonchev–Trinajstić information content (AvgIpc) is 3.30. The van der Waals surface area contributed by atoms with Gasteiger partial charge in [-0.15, -0.1) is 0 Å². The van der Waals surface area contributed by atoms with E-state index in [1.54, 1.807) is 38.1 Å². The van der Waals surface area contributed by atoms with E-state index >= 15 is 0 Å². The Kier molecular flexibility index (Phi) is 5.09. The highest BCUT2D eigenvalue weighted by Gasteiger charge is 2.26. The summed E-state index contributed by atoms with van der Waals surface area (Å²) in [4.78, 5) is 15.3. The topological polar surface area (TPSA) is 118 Å². The highest BCUT2D eigenvalue weighted by atomic mass is 32.2. The summed E-state index contributed by atoms with van der Waals surface area (Å²) in [7, 11) is -3.64. The van der Waals surface area contributed by atoms with Crippen LogP contribution in [0.4, 0.5) is 10.3 Å². The second kappa shape index (κ2) is 7.49. The van der Waals surface area contributed by atoms with E-state index in [0.29, 0.717) is 28.0 Å². The van der Waals surface area contributed by atoms with Crippen molar-refractivity contribution in [2.24, 2.45) is 0 Å². The SMILES string of the molecule is CC(C)c1nc(-c2cc(S(=O)(=O)C(C)C)c3nc(N)[nH]c3c2)c(-c2ccc(F)cc2)[nH]1. The van der Waals surface area contributed by atoms with Gasteiger partial charge in [0.05, 0.1) is 27.0 Å². The molecule has 2 aromatic heterocycles. The third-order valence-corrected chi connectivity index (χ3v) is 7.34. The van der Waals surface area contributed by atoms with Gasteiger partial charge < -0.3 is 15.7 Å². The van der Waals surface area contributed by atoms with Crippen molar-refractivity contribution in [2.45, 2.75) is 43.8 Å². The van der Waals surface area contributed by atoms with Gasteiger partial charge in [-0.05, 0) is 50.2 Å². The molecule has 0 saturated carbocycles. The normalized spacial score (nSPS) is 12.4. The first-order valence-corrected chi connectivity index (χ1v) is 11.5. The zero-order chi connectivity index (χ0) is 22.5. The summed E-state index contributed by atoms with van der Waals surface area (Å²) >= 11 is 0. The van der Waals surface area contributed by atoms with Gasteiger partial charge in [-0.3, -0.25) is 0 Å². The standard InChI is InChI=1S/C22H24FN5O2S/c1-11(2)21-26-18(13-5-7-15(23)8-6-13)19(27-21)14-9-16-20(28-22(24)25-16)17(10-14)31(29,30)12(3)4/h5-12H,1-4H3,(H,26,27)(H3,24,25,28). The molecule has 4 rings (SSSR count). The summed E-state index contributed by atoms with van der Waals surface area (Å²) in [5, 5.41) is -0.633. The number of rotatable bonds is 5. The highest BCUT2D eigenvalue weighted by molar-refractivity contribution is 7.92. The number of aromatic amines is 2. The first-order chi connectivity index (χ1) is 14.6. The fourth-order valence-electron chi connectivity index (χ4n) is 3.41. The number of benzene rings is 2. The molecule has 162 valence electrons. The van der Waals surface area contributed by atoms with Gasteiger partial charge in [0, 0.05) is 17.0 Å². The van der Waals surface area contributed by atoms with Gasteiger partial charge >= 0.3 is 0 Å². The molecule has 9 heteroatoms. The summed E-state index contributed by atoms with van der Waals surface area (Å²) in [6.07, 6.45) is 0. The van der Waals surface area contributed by atoms with Crippen molar-refractivity contribution in [1.29, 1.82) is 0 Å². The maximum Gasteiger partial charge on any atom is 0.198 e. The Morgan fingerprint density at radius 1 is 0.968 bits per heavy atom. The number of halogens is 1. The average molecular weight is 442 g/mol. The molecule has 31 heavy (non-hydrogen) atoms. The van der Waals surface area contributed by atoms with Gasteiger partial charge in [0.1, 0.15) is 17.2 Å². The number of hydrogen-bond donors (Lipinski definition) is 3. The molecule has 0 radical (unpaired) electrons. The van der Waals surface area contributed by atoms with E-state index in [4.69, 9.17) is 10.7 Å². The van der Waals surface area contributed by atoms with Crippen LogP contribution in [0.25, 0.3) is 33.5 Å². The molecule has 7 nitrogen and oxygen atoms in total. The molecule has 2 heterocycles. The van der Waals surface area contributed by atoms with Gasteiger partial charge in [-0.25, -0.2) is 22.8 Å². The Bertz CT molecular complexity index is 1370. The molecule has 0 fully saturated rings. The number of nitrogens with one attached hydrogen (secondary N) is 2. The van der Waals surface area contributed by atoms with E-state index < -0.39 is 15.1 Å². The molecule has 0 aliphatic heterocycles. The van der Waals surface area contributed by atoms with Crippen LogP contribution in [0.5, 0.6) is 0 Å². The number of anilines is 1. The molecule has 0 unspecified atom stereocenters. The van der Waals surface area contributed by atoms with Gasteiger partial charge in [-0.2, -0.15) is 0 Å². The number of nitrogens with two attached hydrogens (primary N) is 1. The van der Waals surface area contributed by atoms with Gasteiger partial charge in [0.2, 0.25) is 0 Å². The van der Waals surface area contributed by atoms with E-state index in [2.05, 4.69) is 15.0 Å². The van der Waals surface area contributed by atoms with Crippen molar-refractivity contribution in [3.63, 3.8) is 0 Å². The number of fused-ring (bicyclic) bond motifs is 1. The summed E-state index contributed by atoms with van der Waals surface area (Å²) in [6, 6.07) is 9.45. The van der Waals surface area contributed by atoms with E-state index in [1.807, 2.05) is 13.8 Å². The van der Waals surface area contributed by atoms with E-state index in [-0.39, 0.29) is 22.6 Å². The molecule has 2 aromatic carbocycles. The van der Waals surface area contributed by atoms with Crippen LogP contribution in [0, 0.1) is 5.82 Å². The minimum absolute atomic E-state index is 0.0992. The Labute approximate surface area is 179 Å². The monoisotopic (exact) mass is 441 g/mol. The zero-order valence-electron chi connectivity index (χ0n) is 17.7. The van der Waals surface area contributed by atoms with Crippen molar-refractivity contribution in [3.05, 3.63) is 48.0 Å². The van der Waals surface area contributed by atoms with Crippen molar-refractivity contribution >= 4 is 26.8 Å². The van der Waals surface area contributed by atoms with Crippen LogP contribution in [0.1, 0.15) is 39.4 Å². The van der Waals surface area contributed by atoms with Crippen LogP contribution in [0.3, 0.4) is 0 Å². The number of nitrogen functional groups attached to an aromatic ring is 1. The van der Waals surface area contributed by atoms with E-state index in [0.717, 1.165) is 11.4 Å². The third kappa shape index (κ3) is 3.69. The first kappa shape index (κ1) is 21.0. The molecular weight excluding hydrogens is 417 g/mol. The minimum atomic E-state index is -3.64. The molecule has 0 aliphatic rings. The van der Waals surface area contributed by atoms with Crippen molar-refractivity contribution < 1.29 is 12.8 Å². The fraction of sp³-hybridized carbons (Fsp3) is 0.273. The number of nitrogens with zero attached hydrogens (tertiary/aromatic N) is 2. The lowest BCUT2D eigenvalue weighted by molar-refractivity contribution is 0.588. The number of hydrogen-bond acceptors (Lipinski definition) is 5. The molecule has 0 amide bonds. The number of H-pyrrole nitrogens is 2. The lowest BCUT2D eigenvalue weighted by Gasteiger charge is -2.11. The minimum Gasteiger partial charge on any atom is -0.369 e. The summed E-state index contributed by atoms with van der Waals surface area (Å²) in [6.45, 7) is 7.26. The van der Waals surface area contributed by atoms with Gasteiger partial charge in [0.25, 0.3) is 0 Å². The zero-order valence-corrected chi connectivity index (χ0v) is 18.5. The predicted octanol–water partition coefficient (Wildman–Crippen LogP) is 4.65. The number of imidazole rings is 2. The summed E-state index contributed by atoms with van der Waals surface area (Å²) in [5.74, 6) is 0.648. The molecule has 0 atom stereocenters. The summed E-state index contributed by atoms with van der Waals surface area (Å²) < 4.78 is 39.6. The van der Waals surface area contributed by atoms with Crippen molar-refractivity contribution in [3.8, 4) is 22.5 Å². The third-order valence-electron chi connectivity index (χ3n) is 5.17. The highest BCUT2D eigenvalue weighted by Crippen LogP contribution is 2.36. The smallest absolute Gasteiger partial charge is 0.198 e. The Balaban J connectivity index is 2.02. The fourth-order valence-corrected chi connectivity index (χ4v) is 4.64. The van der Waals surface area contributed by atoms with E-state index in [1.165, 1.54) is 12.1 Å². The lowest BCUT2D eigenvalue weighted by Crippen LogP contribution is -2.14. The van der Waals surface area contributed by atoms with Crippen LogP contribution >= 0.6 is 0 Å². The first-order valence-electron chi connectivity index (χ1n) is 9.97. The van der Waals surface area contributed by atoms with Crippen molar-refractivity contribution in [2.75, 3.05) is 5.73 Å². The van der Waals surface area contributed by atoms with E-state index in [9.17, 15) is 12.8 Å². The summed E-state index contributed by atoms with van der Waals surface area (Å²) in [5.41, 5.74) is 9.24. The Morgan fingerprint density at radius 2 is 1.65 bits per heavy atom. The Morgan fingerprint density at radius 3 is 2.26 bits per heavy atom. The maximum absolute atomic E-state index is 13.5. The lowest BCUT2D eigenvalue weighted by atomic mass is 10.0.